The van der Waals surface area contributed by atoms with Gasteiger partial charge in [-0.1, -0.05) is 30.3 Å². The molecule has 0 aliphatic heterocycles. The highest BCUT2D eigenvalue weighted by Crippen LogP contribution is 2.25. The Morgan fingerprint density at radius 2 is 1.91 bits per heavy atom. The zero-order valence-corrected chi connectivity index (χ0v) is 13.2. The molecule has 0 radical (unpaired) electrons. The van der Waals surface area contributed by atoms with Crippen molar-refractivity contribution >= 4 is 22.8 Å². The maximum Gasteiger partial charge on any atom is 0.172 e. The average Bonchev–Trinajstić information content (AvgIpc) is 2.88. The van der Waals surface area contributed by atoms with E-state index >= 15 is 0 Å². The van der Waals surface area contributed by atoms with Crippen molar-refractivity contribution in [3.63, 3.8) is 0 Å². The summed E-state index contributed by atoms with van der Waals surface area (Å²) in [5.41, 5.74) is 3.09. The summed E-state index contributed by atoms with van der Waals surface area (Å²) in [6, 6.07) is 15.9. The van der Waals surface area contributed by atoms with Crippen molar-refractivity contribution in [3.8, 4) is 5.75 Å². The minimum absolute atomic E-state index is 0.0898. The fraction of sp³-hybridized carbons (Fsp3) is 0.235. The van der Waals surface area contributed by atoms with Crippen molar-refractivity contribution in [2.75, 3.05) is 12.5 Å². The second kappa shape index (κ2) is 6.85. The van der Waals surface area contributed by atoms with E-state index in [1.54, 1.807) is 0 Å². The molecule has 114 valence electrons. The van der Waals surface area contributed by atoms with Crippen molar-refractivity contribution in [2.24, 2.45) is 0 Å². The van der Waals surface area contributed by atoms with E-state index in [0.29, 0.717) is 12.5 Å². The lowest BCUT2D eigenvalue weighted by Crippen LogP contribution is -2.05. The van der Waals surface area contributed by atoms with Gasteiger partial charge < -0.3 is 14.4 Å². The molecular formula is C17H18N2O2S. The molecule has 0 saturated carbocycles. The third-order valence-electron chi connectivity index (χ3n) is 3.44. The van der Waals surface area contributed by atoms with Crippen molar-refractivity contribution in [2.45, 2.75) is 18.6 Å². The Hall–Kier alpha value is -1.98. The third-order valence-corrected chi connectivity index (χ3v) is 4.24. The largest absolute Gasteiger partial charge is 0.482 e. The Morgan fingerprint density at radius 1 is 1.14 bits per heavy atom. The van der Waals surface area contributed by atoms with Crippen LogP contribution in [0, 0.1) is 6.92 Å². The zero-order chi connectivity index (χ0) is 15.4. The number of hydrogen-bond acceptors (Lipinski definition) is 4. The highest BCUT2D eigenvalue weighted by atomic mass is 32.2. The fourth-order valence-electron chi connectivity index (χ4n) is 2.34. The van der Waals surface area contributed by atoms with E-state index < -0.39 is 0 Å². The molecule has 0 amide bonds. The van der Waals surface area contributed by atoms with Crippen LogP contribution < -0.4 is 4.74 Å². The maximum absolute atomic E-state index is 9.27. The summed E-state index contributed by atoms with van der Waals surface area (Å²) in [6.07, 6.45) is 0. The maximum atomic E-state index is 9.27. The zero-order valence-electron chi connectivity index (χ0n) is 12.4. The Bertz CT molecular complexity index is 770. The molecule has 0 unspecified atom stereocenters. The van der Waals surface area contributed by atoms with Crippen molar-refractivity contribution in [1.82, 2.24) is 9.55 Å². The summed E-state index contributed by atoms with van der Waals surface area (Å²) < 4.78 is 7.85. The number of fused-ring (bicyclic) bond motifs is 1. The minimum Gasteiger partial charge on any atom is -0.482 e. The topological polar surface area (TPSA) is 47.3 Å². The van der Waals surface area contributed by atoms with Crippen LogP contribution >= 0.6 is 11.8 Å². The molecule has 0 aliphatic rings. The van der Waals surface area contributed by atoms with Gasteiger partial charge in [-0.05, 0) is 42.4 Å². The fourth-order valence-corrected chi connectivity index (χ4v) is 3.14. The Morgan fingerprint density at radius 3 is 2.73 bits per heavy atom. The van der Waals surface area contributed by atoms with Crippen LogP contribution in [0.2, 0.25) is 0 Å². The lowest BCUT2D eigenvalue weighted by atomic mass is 10.2. The molecule has 1 heterocycles. The van der Waals surface area contributed by atoms with E-state index in [1.807, 2.05) is 60.0 Å². The van der Waals surface area contributed by atoms with Crippen LogP contribution in [-0.2, 0) is 6.54 Å². The molecule has 3 rings (SSSR count). The molecule has 3 aromatic rings. The number of aryl methyl sites for hydroxylation is 1. The summed E-state index contributed by atoms with van der Waals surface area (Å²) in [4.78, 5) is 4.62. The van der Waals surface area contributed by atoms with Gasteiger partial charge in [0.25, 0.3) is 0 Å². The molecular weight excluding hydrogens is 296 g/mol. The Kier molecular flexibility index (Phi) is 4.65. The SMILES string of the molecule is Cc1ccccc1OCSc1nc2ccccc2n1CCO. The molecule has 0 saturated heterocycles. The summed E-state index contributed by atoms with van der Waals surface area (Å²) in [5.74, 6) is 1.37. The quantitative estimate of drug-likeness (QED) is 0.559. The molecule has 0 atom stereocenters. The first-order valence-electron chi connectivity index (χ1n) is 7.17. The number of aromatic nitrogens is 2. The molecule has 5 heteroatoms. The van der Waals surface area contributed by atoms with E-state index in [4.69, 9.17) is 4.74 Å². The molecule has 1 N–H and O–H groups in total. The molecule has 0 aliphatic carbocycles. The van der Waals surface area contributed by atoms with Gasteiger partial charge in [0.15, 0.2) is 5.16 Å². The van der Waals surface area contributed by atoms with E-state index in [9.17, 15) is 5.11 Å². The van der Waals surface area contributed by atoms with Gasteiger partial charge in [-0.2, -0.15) is 0 Å². The highest BCUT2D eigenvalue weighted by Gasteiger charge is 2.10. The van der Waals surface area contributed by atoms with Gasteiger partial charge in [0.1, 0.15) is 11.7 Å². The third kappa shape index (κ3) is 3.10. The standard InChI is InChI=1S/C17H18N2O2S/c1-13-6-2-5-9-16(13)21-12-22-17-18-14-7-3-4-8-15(14)19(17)10-11-20/h2-9,20H,10-12H2,1H3. The summed E-state index contributed by atoms with van der Waals surface area (Å²) in [5, 5.41) is 10.1. The van der Waals surface area contributed by atoms with Crippen molar-refractivity contribution in [3.05, 3.63) is 54.1 Å². The predicted octanol–water partition coefficient (Wildman–Crippen LogP) is 3.47. The first-order valence-corrected chi connectivity index (χ1v) is 8.15. The van der Waals surface area contributed by atoms with Crippen LogP contribution in [-0.4, -0.2) is 27.2 Å². The van der Waals surface area contributed by atoms with Crippen LogP contribution in [0.3, 0.4) is 0 Å². The number of rotatable bonds is 6. The van der Waals surface area contributed by atoms with E-state index in [0.717, 1.165) is 27.5 Å². The van der Waals surface area contributed by atoms with Gasteiger partial charge in [-0.25, -0.2) is 4.98 Å². The van der Waals surface area contributed by atoms with E-state index in [1.165, 1.54) is 11.8 Å². The Labute approximate surface area is 133 Å². The van der Waals surface area contributed by atoms with Gasteiger partial charge in [-0.15, -0.1) is 0 Å². The molecule has 0 bridgehead atoms. The average molecular weight is 314 g/mol. The molecule has 0 fully saturated rings. The Balaban J connectivity index is 1.76. The number of ether oxygens (including phenoxy) is 1. The number of benzene rings is 2. The summed E-state index contributed by atoms with van der Waals surface area (Å²) >= 11 is 1.53. The number of aliphatic hydroxyl groups excluding tert-OH is 1. The predicted molar refractivity (Wildman–Crippen MR) is 89.3 cm³/mol. The van der Waals surface area contributed by atoms with Gasteiger partial charge in [0.05, 0.1) is 17.6 Å². The molecule has 1 aromatic heterocycles. The summed E-state index contributed by atoms with van der Waals surface area (Å²) in [6.45, 7) is 2.65. The smallest absolute Gasteiger partial charge is 0.172 e. The van der Waals surface area contributed by atoms with E-state index in [-0.39, 0.29) is 6.61 Å². The molecule has 2 aromatic carbocycles. The van der Waals surface area contributed by atoms with Gasteiger partial charge in [0.2, 0.25) is 0 Å². The number of aliphatic hydroxyl groups is 1. The first-order chi connectivity index (χ1) is 10.8. The first kappa shape index (κ1) is 14.9. The lowest BCUT2D eigenvalue weighted by molar-refractivity contribution is 0.273. The number of thioether (sulfide) groups is 1. The second-order valence-electron chi connectivity index (χ2n) is 4.93. The molecule has 22 heavy (non-hydrogen) atoms. The van der Waals surface area contributed by atoms with Crippen molar-refractivity contribution < 1.29 is 9.84 Å². The van der Waals surface area contributed by atoms with Gasteiger partial charge in [0, 0.05) is 6.54 Å². The molecule has 0 spiro atoms. The van der Waals surface area contributed by atoms with Gasteiger partial charge in [-0.3, -0.25) is 0 Å². The number of para-hydroxylation sites is 3. The summed E-state index contributed by atoms with van der Waals surface area (Å²) in [7, 11) is 0. The van der Waals surface area contributed by atoms with Gasteiger partial charge >= 0.3 is 0 Å². The monoisotopic (exact) mass is 314 g/mol. The van der Waals surface area contributed by atoms with Crippen molar-refractivity contribution in [1.29, 1.82) is 0 Å². The second-order valence-corrected chi connectivity index (χ2v) is 5.82. The van der Waals surface area contributed by atoms with Crippen LogP contribution in [0.1, 0.15) is 5.56 Å². The lowest BCUT2D eigenvalue weighted by Gasteiger charge is -2.09. The van der Waals surface area contributed by atoms with Crippen LogP contribution in [0.4, 0.5) is 0 Å². The molecule has 4 nitrogen and oxygen atoms in total. The van der Waals surface area contributed by atoms with E-state index in [2.05, 4.69) is 4.98 Å². The normalized spacial score (nSPS) is 11.0. The van der Waals surface area contributed by atoms with Crippen LogP contribution in [0.25, 0.3) is 11.0 Å². The number of nitrogens with zero attached hydrogens (tertiary/aromatic N) is 2. The number of imidazole rings is 1. The van der Waals surface area contributed by atoms with Crippen LogP contribution in [0.5, 0.6) is 5.75 Å². The number of hydrogen-bond donors (Lipinski definition) is 1. The highest BCUT2D eigenvalue weighted by molar-refractivity contribution is 7.99. The minimum atomic E-state index is 0.0898. The van der Waals surface area contributed by atoms with Crippen LogP contribution in [0.15, 0.2) is 53.7 Å².